The number of fused-ring (bicyclic) bond motifs is 1. The maximum Gasteiger partial charge on any atom is 0.338 e. The minimum Gasteiger partial charge on any atom is -0.497 e. The molecule has 3 aromatic rings. The summed E-state index contributed by atoms with van der Waals surface area (Å²) in [4.78, 5) is 35.8. The lowest BCUT2D eigenvalue weighted by molar-refractivity contribution is -0.139. The van der Waals surface area contributed by atoms with Crippen LogP contribution in [0.5, 0.6) is 11.5 Å². The minimum atomic E-state index is -0.766. The smallest absolute Gasteiger partial charge is 0.338 e. The monoisotopic (exact) mass is 465 g/mol. The summed E-state index contributed by atoms with van der Waals surface area (Å²) >= 11 is 1.26. The Kier molecular flexibility index (Phi) is 6.41. The van der Waals surface area contributed by atoms with Crippen molar-refractivity contribution in [3.63, 3.8) is 0 Å². The summed E-state index contributed by atoms with van der Waals surface area (Å²) in [6.07, 6.45) is 5.11. The van der Waals surface area contributed by atoms with Crippen LogP contribution in [0, 0.1) is 0 Å². The van der Waals surface area contributed by atoms with Gasteiger partial charge in [0.2, 0.25) is 0 Å². The molecule has 0 radical (unpaired) electrons. The summed E-state index contributed by atoms with van der Waals surface area (Å²) in [6, 6.07) is 8.18. The number of hydrogen-bond donors (Lipinski definition) is 0. The second kappa shape index (κ2) is 9.41. The van der Waals surface area contributed by atoms with Gasteiger partial charge in [0, 0.05) is 24.0 Å². The van der Waals surface area contributed by atoms with Gasteiger partial charge in [-0.25, -0.2) is 9.79 Å². The van der Waals surface area contributed by atoms with Gasteiger partial charge < -0.3 is 14.2 Å². The van der Waals surface area contributed by atoms with Gasteiger partial charge in [0.05, 0.1) is 36.6 Å². The number of thiazole rings is 1. The van der Waals surface area contributed by atoms with Crippen LogP contribution in [-0.2, 0) is 9.53 Å². The lowest BCUT2D eigenvalue weighted by Gasteiger charge is -2.26. The van der Waals surface area contributed by atoms with E-state index in [9.17, 15) is 9.59 Å². The minimum absolute atomic E-state index is 0.202. The van der Waals surface area contributed by atoms with E-state index in [1.165, 1.54) is 23.0 Å². The van der Waals surface area contributed by atoms with Crippen LogP contribution < -0.4 is 24.4 Å². The highest BCUT2D eigenvalue weighted by molar-refractivity contribution is 7.07. The van der Waals surface area contributed by atoms with Gasteiger partial charge in [0.15, 0.2) is 4.80 Å². The highest BCUT2D eigenvalue weighted by Crippen LogP contribution is 2.37. The molecule has 0 saturated heterocycles. The van der Waals surface area contributed by atoms with Crippen LogP contribution in [0.1, 0.15) is 31.0 Å². The van der Waals surface area contributed by atoms with Crippen molar-refractivity contribution >= 4 is 23.4 Å². The number of aromatic nitrogens is 2. The Hall–Kier alpha value is -3.72. The molecule has 0 unspecified atom stereocenters. The molecular formula is C24H23N3O5S. The van der Waals surface area contributed by atoms with Crippen molar-refractivity contribution in [1.82, 2.24) is 9.55 Å². The Bertz CT molecular complexity index is 1410. The number of benzene rings is 1. The lowest BCUT2D eigenvalue weighted by atomic mass is 9.95. The van der Waals surface area contributed by atoms with Crippen LogP contribution in [0.4, 0.5) is 0 Å². The van der Waals surface area contributed by atoms with Crippen LogP contribution in [0.2, 0.25) is 0 Å². The molecule has 33 heavy (non-hydrogen) atoms. The molecule has 3 heterocycles. The van der Waals surface area contributed by atoms with E-state index in [4.69, 9.17) is 14.2 Å². The molecule has 1 aliphatic heterocycles. The van der Waals surface area contributed by atoms with Crippen molar-refractivity contribution in [3.05, 3.63) is 84.8 Å². The molecular weight excluding hydrogens is 442 g/mol. The molecule has 1 aliphatic rings. The Labute approximate surface area is 194 Å². The van der Waals surface area contributed by atoms with Gasteiger partial charge in [-0.05, 0) is 43.7 Å². The largest absolute Gasteiger partial charge is 0.497 e. The number of pyridine rings is 1. The first-order chi connectivity index (χ1) is 16.0. The Balaban J connectivity index is 2.00. The quantitative estimate of drug-likeness (QED) is 0.519. The van der Waals surface area contributed by atoms with Crippen molar-refractivity contribution in [2.75, 3.05) is 20.8 Å². The summed E-state index contributed by atoms with van der Waals surface area (Å²) < 4.78 is 18.3. The topological polar surface area (TPSA) is 92.0 Å². The third-order valence-corrected chi connectivity index (χ3v) is 6.22. The number of carbonyl (C=O) groups excluding carboxylic acids is 1. The van der Waals surface area contributed by atoms with E-state index in [0.29, 0.717) is 37.7 Å². The number of methoxy groups -OCH3 is 2. The molecule has 2 aromatic heterocycles. The number of allylic oxidation sites excluding steroid dienone is 1. The number of ether oxygens (including phenoxy) is 3. The predicted molar refractivity (Wildman–Crippen MR) is 124 cm³/mol. The highest BCUT2D eigenvalue weighted by Gasteiger charge is 2.35. The molecule has 0 aliphatic carbocycles. The third kappa shape index (κ3) is 4.19. The predicted octanol–water partition coefficient (Wildman–Crippen LogP) is 2.21. The molecule has 0 amide bonds. The normalized spacial score (nSPS) is 15.6. The summed E-state index contributed by atoms with van der Waals surface area (Å²) in [7, 11) is 3.09. The summed E-state index contributed by atoms with van der Waals surface area (Å²) in [5, 5.41) is 0. The average molecular weight is 466 g/mol. The molecule has 4 rings (SSSR count). The van der Waals surface area contributed by atoms with Crippen molar-refractivity contribution in [1.29, 1.82) is 0 Å². The molecule has 0 saturated carbocycles. The second-order valence-corrected chi connectivity index (χ2v) is 8.21. The summed E-state index contributed by atoms with van der Waals surface area (Å²) in [5.41, 5.74) is 1.94. The molecule has 8 nitrogen and oxygen atoms in total. The average Bonchev–Trinajstić information content (AvgIpc) is 3.12. The molecule has 1 aromatic carbocycles. The SMILES string of the molecule is CCOC(=O)C1=C(C)N=c2s/c(=C\c3cccnc3)c(=O)n2[C@@H]1c1ccc(OC)cc1OC. The second-order valence-electron chi connectivity index (χ2n) is 7.20. The van der Waals surface area contributed by atoms with E-state index in [2.05, 4.69) is 9.98 Å². The first-order valence-corrected chi connectivity index (χ1v) is 11.1. The van der Waals surface area contributed by atoms with E-state index in [1.54, 1.807) is 63.7 Å². The fourth-order valence-electron chi connectivity index (χ4n) is 3.74. The Morgan fingerprint density at radius 2 is 2.06 bits per heavy atom. The fourth-order valence-corrected chi connectivity index (χ4v) is 4.79. The zero-order chi connectivity index (χ0) is 23.5. The highest BCUT2D eigenvalue weighted by atomic mass is 32.1. The zero-order valence-corrected chi connectivity index (χ0v) is 19.5. The van der Waals surface area contributed by atoms with Gasteiger partial charge in [-0.1, -0.05) is 17.4 Å². The van der Waals surface area contributed by atoms with Crippen LogP contribution in [-0.4, -0.2) is 36.3 Å². The number of esters is 1. The molecule has 0 fully saturated rings. The number of nitrogens with zero attached hydrogens (tertiary/aromatic N) is 3. The molecule has 0 bridgehead atoms. The Morgan fingerprint density at radius 1 is 1.24 bits per heavy atom. The standard InChI is InChI=1S/C24H23N3O5S/c1-5-32-23(29)20-14(2)26-24-27(21(20)17-9-8-16(30-3)12-18(17)31-4)22(28)19(33-24)11-15-7-6-10-25-13-15/h6-13,21H,5H2,1-4H3/b19-11-/t21-/m1/s1. The van der Waals surface area contributed by atoms with Crippen molar-refractivity contribution in [2.45, 2.75) is 19.9 Å². The number of rotatable bonds is 6. The summed E-state index contributed by atoms with van der Waals surface area (Å²) in [5.74, 6) is 0.554. The van der Waals surface area contributed by atoms with E-state index >= 15 is 0 Å². The molecule has 9 heteroatoms. The lowest BCUT2D eigenvalue weighted by Crippen LogP contribution is -2.40. The first kappa shape index (κ1) is 22.5. The van der Waals surface area contributed by atoms with E-state index in [-0.39, 0.29) is 12.2 Å². The van der Waals surface area contributed by atoms with Crippen LogP contribution in [0.25, 0.3) is 6.08 Å². The maximum absolute atomic E-state index is 13.6. The molecule has 0 N–H and O–H groups in total. The molecule has 1 atom stereocenters. The van der Waals surface area contributed by atoms with Crippen molar-refractivity contribution in [2.24, 2.45) is 4.99 Å². The van der Waals surface area contributed by atoms with Gasteiger partial charge in [0.1, 0.15) is 17.5 Å². The first-order valence-electron chi connectivity index (χ1n) is 10.3. The number of carbonyl (C=O) groups is 1. The number of hydrogen-bond acceptors (Lipinski definition) is 8. The van der Waals surface area contributed by atoms with Gasteiger partial charge in [-0.2, -0.15) is 0 Å². The Morgan fingerprint density at radius 3 is 2.73 bits per heavy atom. The van der Waals surface area contributed by atoms with E-state index in [0.717, 1.165) is 5.56 Å². The molecule has 0 spiro atoms. The van der Waals surface area contributed by atoms with E-state index < -0.39 is 12.0 Å². The molecule has 170 valence electrons. The van der Waals surface area contributed by atoms with Crippen molar-refractivity contribution in [3.8, 4) is 11.5 Å². The van der Waals surface area contributed by atoms with Gasteiger partial charge in [-0.3, -0.25) is 14.3 Å². The van der Waals surface area contributed by atoms with Crippen molar-refractivity contribution < 1.29 is 19.0 Å². The van der Waals surface area contributed by atoms with Gasteiger partial charge in [0.25, 0.3) is 5.56 Å². The zero-order valence-electron chi connectivity index (χ0n) is 18.7. The third-order valence-electron chi connectivity index (χ3n) is 5.23. The van der Waals surface area contributed by atoms with Crippen LogP contribution in [0.3, 0.4) is 0 Å². The van der Waals surface area contributed by atoms with Crippen LogP contribution in [0.15, 0.2) is 63.8 Å². The fraction of sp³-hybridized carbons (Fsp3) is 0.250. The summed E-state index contributed by atoms with van der Waals surface area (Å²) in [6.45, 7) is 3.68. The maximum atomic E-state index is 13.6. The van der Waals surface area contributed by atoms with Gasteiger partial charge in [-0.15, -0.1) is 0 Å². The van der Waals surface area contributed by atoms with Gasteiger partial charge >= 0.3 is 5.97 Å². The van der Waals surface area contributed by atoms with Crippen LogP contribution >= 0.6 is 11.3 Å². The van der Waals surface area contributed by atoms with E-state index in [1.807, 2.05) is 6.07 Å².